The number of nitrogens with zero attached hydrogens (tertiary/aromatic N) is 4. The molecule has 2 N–H and O–H groups in total. The molecule has 1 aromatic rings. The van der Waals surface area contributed by atoms with Crippen molar-refractivity contribution in [1.82, 2.24) is 14.9 Å². The quantitative estimate of drug-likeness (QED) is 0.898. The van der Waals surface area contributed by atoms with Crippen LogP contribution in [0.25, 0.3) is 0 Å². The Hall–Kier alpha value is -1.56. The maximum absolute atomic E-state index is 6.15. The molecule has 1 saturated heterocycles. The van der Waals surface area contributed by atoms with Crippen LogP contribution < -0.4 is 15.4 Å². The first-order chi connectivity index (χ1) is 9.49. The van der Waals surface area contributed by atoms with Gasteiger partial charge in [0, 0.05) is 32.2 Å². The van der Waals surface area contributed by atoms with Gasteiger partial charge in [0.05, 0.1) is 6.10 Å². The predicted octanol–water partition coefficient (Wildman–Crippen LogP) is 1.38. The van der Waals surface area contributed by atoms with E-state index < -0.39 is 0 Å². The SMILES string of the molecule is CC(C)Oc1ncnc(N2CCN(C(C)C)CC2)c1N. The summed E-state index contributed by atoms with van der Waals surface area (Å²) in [6.07, 6.45) is 1.58. The van der Waals surface area contributed by atoms with E-state index in [1.165, 1.54) is 6.33 Å². The standard InChI is InChI=1S/C14H25N5O/c1-10(2)18-5-7-19(8-6-18)13-12(15)14(17-9-16-13)20-11(3)4/h9-11H,5-8,15H2,1-4H3. The molecule has 20 heavy (non-hydrogen) atoms. The van der Waals surface area contributed by atoms with Gasteiger partial charge < -0.3 is 15.4 Å². The van der Waals surface area contributed by atoms with E-state index in [1.54, 1.807) is 0 Å². The van der Waals surface area contributed by atoms with E-state index in [0.29, 0.717) is 17.6 Å². The summed E-state index contributed by atoms with van der Waals surface area (Å²) in [6.45, 7) is 12.3. The zero-order chi connectivity index (χ0) is 14.7. The third kappa shape index (κ3) is 3.30. The Labute approximate surface area is 120 Å². The highest BCUT2D eigenvalue weighted by atomic mass is 16.5. The second kappa shape index (κ2) is 6.26. The lowest BCUT2D eigenvalue weighted by molar-refractivity contribution is 0.208. The number of ether oxygens (including phenoxy) is 1. The monoisotopic (exact) mass is 279 g/mol. The summed E-state index contributed by atoms with van der Waals surface area (Å²) in [5, 5.41) is 0. The van der Waals surface area contributed by atoms with Crippen LogP contribution in [-0.2, 0) is 0 Å². The van der Waals surface area contributed by atoms with Crippen LogP contribution in [0.2, 0.25) is 0 Å². The number of hydrogen-bond donors (Lipinski definition) is 1. The number of nitrogens with two attached hydrogens (primary N) is 1. The molecule has 6 nitrogen and oxygen atoms in total. The van der Waals surface area contributed by atoms with Gasteiger partial charge in [0.2, 0.25) is 5.88 Å². The highest BCUT2D eigenvalue weighted by Gasteiger charge is 2.22. The van der Waals surface area contributed by atoms with Gasteiger partial charge in [-0.2, -0.15) is 4.98 Å². The average molecular weight is 279 g/mol. The number of rotatable bonds is 4. The molecule has 0 radical (unpaired) electrons. The van der Waals surface area contributed by atoms with Crippen LogP contribution in [0.5, 0.6) is 5.88 Å². The highest BCUT2D eigenvalue weighted by molar-refractivity contribution is 5.67. The van der Waals surface area contributed by atoms with Crippen molar-refractivity contribution in [2.75, 3.05) is 36.8 Å². The molecule has 1 aliphatic heterocycles. The molecule has 0 aromatic carbocycles. The molecule has 0 amide bonds. The first-order valence-corrected chi connectivity index (χ1v) is 7.25. The van der Waals surface area contributed by atoms with Crippen molar-refractivity contribution in [3.05, 3.63) is 6.33 Å². The lowest BCUT2D eigenvalue weighted by Gasteiger charge is -2.37. The molecule has 0 aliphatic carbocycles. The van der Waals surface area contributed by atoms with Crippen molar-refractivity contribution in [3.8, 4) is 5.88 Å². The Bertz CT molecular complexity index is 441. The third-order valence-electron chi connectivity index (χ3n) is 3.52. The van der Waals surface area contributed by atoms with E-state index in [1.807, 2.05) is 13.8 Å². The maximum atomic E-state index is 6.15. The van der Waals surface area contributed by atoms with Gasteiger partial charge in [-0.25, -0.2) is 4.98 Å². The fourth-order valence-electron chi connectivity index (χ4n) is 2.39. The average Bonchev–Trinajstić information content (AvgIpc) is 2.41. The van der Waals surface area contributed by atoms with Gasteiger partial charge in [-0.3, -0.25) is 4.90 Å². The third-order valence-corrected chi connectivity index (χ3v) is 3.52. The van der Waals surface area contributed by atoms with Crippen LogP contribution in [0.15, 0.2) is 6.33 Å². The number of piperazine rings is 1. The summed E-state index contributed by atoms with van der Waals surface area (Å²) in [7, 11) is 0. The van der Waals surface area contributed by atoms with Gasteiger partial charge in [-0.1, -0.05) is 0 Å². The van der Waals surface area contributed by atoms with Gasteiger partial charge in [0.25, 0.3) is 0 Å². The van der Waals surface area contributed by atoms with Crippen molar-refractivity contribution in [1.29, 1.82) is 0 Å². The van der Waals surface area contributed by atoms with Gasteiger partial charge in [0.1, 0.15) is 12.0 Å². The van der Waals surface area contributed by atoms with Crippen molar-refractivity contribution in [2.45, 2.75) is 39.8 Å². The maximum Gasteiger partial charge on any atom is 0.242 e. The van der Waals surface area contributed by atoms with Crippen LogP contribution in [0.3, 0.4) is 0 Å². The fourth-order valence-corrected chi connectivity index (χ4v) is 2.39. The summed E-state index contributed by atoms with van der Waals surface area (Å²) < 4.78 is 5.62. The number of nitrogen functional groups attached to an aromatic ring is 1. The summed E-state index contributed by atoms with van der Waals surface area (Å²) in [4.78, 5) is 13.1. The number of anilines is 2. The van der Waals surface area contributed by atoms with Crippen LogP contribution >= 0.6 is 0 Å². The van der Waals surface area contributed by atoms with Crippen molar-refractivity contribution >= 4 is 11.5 Å². The van der Waals surface area contributed by atoms with Crippen LogP contribution in [-0.4, -0.2) is 53.2 Å². The topological polar surface area (TPSA) is 67.5 Å². The van der Waals surface area contributed by atoms with Gasteiger partial charge in [-0.15, -0.1) is 0 Å². The second-order valence-corrected chi connectivity index (χ2v) is 5.70. The zero-order valence-corrected chi connectivity index (χ0v) is 12.8. The predicted molar refractivity (Wildman–Crippen MR) is 81.1 cm³/mol. The van der Waals surface area contributed by atoms with Crippen molar-refractivity contribution < 1.29 is 4.74 Å². The first-order valence-electron chi connectivity index (χ1n) is 7.25. The number of hydrogen-bond acceptors (Lipinski definition) is 6. The molecule has 1 aromatic heterocycles. The molecule has 1 aliphatic rings. The Morgan fingerprint density at radius 2 is 1.75 bits per heavy atom. The summed E-state index contributed by atoms with van der Waals surface area (Å²) in [6, 6.07) is 0.583. The molecule has 0 spiro atoms. The summed E-state index contributed by atoms with van der Waals surface area (Å²) in [5.74, 6) is 1.27. The van der Waals surface area contributed by atoms with Gasteiger partial charge in [0.15, 0.2) is 5.82 Å². The molecule has 112 valence electrons. The summed E-state index contributed by atoms with van der Waals surface area (Å²) >= 11 is 0. The van der Waals surface area contributed by atoms with E-state index in [4.69, 9.17) is 10.5 Å². The normalized spacial score (nSPS) is 17.0. The lowest BCUT2D eigenvalue weighted by atomic mass is 10.2. The minimum atomic E-state index is 0.0536. The Morgan fingerprint density at radius 1 is 1.10 bits per heavy atom. The molecule has 2 rings (SSSR count). The lowest BCUT2D eigenvalue weighted by Crippen LogP contribution is -2.49. The summed E-state index contributed by atoms with van der Waals surface area (Å²) in [5.41, 5.74) is 6.69. The zero-order valence-electron chi connectivity index (χ0n) is 12.8. The minimum Gasteiger partial charge on any atom is -0.473 e. The number of aromatic nitrogens is 2. The van der Waals surface area contributed by atoms with E-state index >= 15 is 0 Å². The van der Waals surface area contributed by atoms with Gasteiger partial charge >= 0.3 is 0 Å². The molecule has 0 atom stereocenters. The second-order valence-electron chi connectivity index (χ2n) is 5.70. The van der Waals surface area contributed by atoms with E-state index in [-0.39, 0.29) is 6.10 Å². The fraction of sp³-hybridized carbons (Fsp3) is 0.714. The molecule has 0 unspecified atom stereocenters. The highest BCUT2D eigenvalue weighted by Crippen LogP contribution is 2.29. The molecule has 0 bridgehead atoms. The molecule has 6 heteroatoms. The Kier molecular flexibility index (Phi) is 4.65. The van der Waals surface area contributed by atoms with Crippen molar-refractivity contribution in [2.24, 2.45) is 0 Å². The molecular formula is C14H25N5O. The van der Waals surface area contributed by atoms with Crippen LogP contribution in [0, 0.1) is 0 Å². The van der Waals surface area contributed by atoms with Crippen molar-refractivity contribution in [3.63, 3.8) is 0 Å². The van der Waals surface area contributed by atoms with E-state index in [9.17, 15) is 0 Å². The largest absolute Gasteiger partial charge is 0.473 e. The molecule has 2 heterocycles. The minimum absolute atomic E-state index is 0.0536. The Morgan fingerprint density at radius 3 is 2.30 bits per heavy atom. The van der Waals surface area contributed by atoms with Crippen LogP contribution in [0.1, 0.15) is 27.7 Å². The first kappa shape index (κ1) is 14.8. The Balaban J connectivity index is 2.10. The van der Waals surface area contributed by atoms with E-state index in [2.05, 4.69) is 33.6 Å². The smallest absolute Gasteiger partial charge is 0.242 e. The van der Waals surface area contributed by atoms with Gasteiger partial charge in [-0.05, 0) is 27.7 Å². The molecule has 1 fully saturated rings. The van der Waals surface area contributed by atoms with Crippen LogP contribution in [0.4, 0.5) is 11.5 Å². The van der Waals surface area contributed by atoms with E-state index in [0.717, 1.165) is 32.0 Å². The molecular weight excluding hydrogens is 254 g/mol. The molecule has 0 saturated carbocycles.